The van der Waals surface area contributed by atoms with E-state index in [0.29, 0.717) is 6.42 Å². The highest BCUT2D eigenvalue weighted by Gasteiger charge is 2.25. The molecule has 4 aromatic rings. The molecule has 1 saturated heterocycles. The van der Waals surface area contributed by atoms with E-state index in [9.17, 15) is 4.79 Å². The first kappa shape index (κ1) is 20.4. The summed E-state index contributed by atoms with van der Waals surface area (Å²) in [6.07, 6.45) is 14.7. The molecule has 1 fully saturated rings. The smallest absolute Gasteiger partial charge is 0.142 e. The van der Waals surface area contributed by atoms with Crippen LogP contribution in [0.2, 0.25) is 0 Å². The number of carbonyl (C=O) groups excluding carboxylic acids is 1. The molecule has 0 bridgehead atoms. The Morgan fingerprint density at radius 2 is 1.84 bits per heavy atom. The van der Waals surface area contributed by atoms with Crippen LogP contribution in [0.4, 0.5) is 0 Å². The standard InChI is InChI=1S/C24H25N7O/c1-30-15-20(12-29-30)19-8-18-9-21(27-14-23(18)28-11-19)10-24(32)17-2-6-31(7-3-17)16-22-13-25-4-5-26-22/h4-5,8-9,11-15,17H,2-3,6-7,10,16H2,1H3. The van der Waals surface area contributed by atoms with Gasteiger partial charge in [0.25, 0.3) is 0 Å². The molecule has 0 aromatic carbocycles. The number of rotatable bonds is 6. The quantitative estimate of drug-likeness (QED) is 0.467. The number of likely N-dealkylation sites (tertiary alicyclic amines) is 1. The lowest BCUT2D eigenvalue weighted by molar-refractivity contribution is -0.123. The van der Waals surface area contributed by atoms with Gasteiger partial charge < -0.3 is 0 Å². The fourth-order valence-corrected chi connectivity index (χ4v) is 4.28. The topological polar surface area (TPSA) is 89.7 Å². The number of Topliss-reactive ketones (excluding diaryl/α,β-unsaturated/α-hetero) is 1. The van der Waals surface area contributed by atoms with Crippen molar-refractivity contribution in [1.29, 1.82) is 0 Å². The number of ketones is 1. The second-order valence-corrected chi connectivity index (χ2v) is 8.39. The van der Waals surface area contributed by atoms with Crippen LogP contribution in [0.5, 0.6) is 0 Å². The molecule has 0 radical (unpaired) electrons. The summed E-state index contributed by atoms with van der Waals surface area (Å²) in [7, 11) is 1.89. The van der Waals surface area contributed by atoms with Crippen LogP contribution in [-0.4, -0.2) is 53.5 Å². The van der Waals surface area contributed by atoms with Crippen molar-refractivity contribution < 1.29 is 4.79 Å². The Morgan fingerprint density at radius 1 is 0.969 bits per heavy atom. The van der Waals surface area contributed by atoms with E-state index in [-0.39, 0.29) is 11.7 Å². The minimum atomic E-state index is 0.0884. The lowest BCUT2D eigenvalue weighted by Gasteiger charge is -2.30. The van der Waals surface area contributed by atoms with Gasteiger partial charge in [-0.2, -0.15) is 5.10 Å². The first-order chi connectivity index (χ1) is 15.6. The largest absolute Gasteiger partial charge is 0.299 e. The number of aryl methyl sites for hydroxylation is 1. The van der Waals surface area contributed by atoms with Crippen LogP contribution in [-0.2, 0) is 24.8 Å². The molecular formula is C24H25N7O. The van der Waals surface area contributed by atoms with Crippen LogP contribution in [0.3, 0.4) is 0 Å². The fraction of sp³-hybridized carbons (Fsp3) is 0.333. The van der Waals surface area contributed by atoms with Crippen molar-refractivity contribution >= 4 is 16.7 Å². The predicted molar refractivity (Wildman–Crippen MR) is 120 cm³/mol. The second-order valence-electron chi connectivity index (χ2n) is 8.39. The lowest BCUT2D eigenvalue weighted by Crippen LogP contribution is -2.36. The molecule has 0 amide bonds. The molecule has 0 atom stereocenters. The summed E-state index contributed by atoms with van der Waals surface area (Å²) < 4.78 is 1.77. The molecule has 0 aliphatic carbocycles. The van der Waals surface area contributed by atoms with Gasteiger partial charge in [0.1, 0.15) is 5.78 Å². The summed E-state index contributed by atoms with van der Waals surface area (Å²) >= 11 is 0. The zero-order chi connectivity index (χ0) is 21.9. The first-order valence-corrected chi connectivity index (χ1v) is 10.9. The molecule has 4 aromatic heterocycles. The average Bonchev–Trinajstić information content (AvgIpc) is 3.26. The van der Waals surface area contributed by atoms with Gasteiger partial charge in [0, 0.05) is 79.1 Å². The van der Waals surface area contributed by atoms with E-state index in [1.165, 1.54) is 0 Å². The monoisotopic (exact) mass is 427 g/mol. The highest BCUT2D eigenvalue weighted by molar-refractivity contribution is 5.86. The SMILES string of the molecule is Cn1cc(-c2cnc3cnc(CC(=O)C4CCN(Cc5cnccn5)CC4)cc3c2)cn1. The zero-order valence-electron chi connectivity index (χ0n) is 18.1. The molecule has 8 heteroatoms. The van der Waals surface area contributed by atoms with Crippen LogP contribution in [0.25, 0.3) is 22.0 Å². The summed E-state index contributed by atoms with van der Waals surface area (Å²) in [6, 6.07) is 4.07. The van der Waals surface area contributed by atoms with Gasteiger partial charge in [-0.1, -0.05) is 0 Å². The van der Waals surface area contributed by atoms with Crippen LogP contribution >= 0.6 is 0 Å². The molecule has 1 aliphatic rings. The zero-order valence-corrected chi connectivity index (χ0v) is 18.1. The Kier molecular flexibility index (Phi) is 5.68. The van der Waals surface area contributed by atoms with E-state index in [1.54, 1.807) is 29.5 Å². The number of pyridine rings is 2. The van der Waals surface area contributed by atoms with E-state index in [2.05, 4.69) is 36.0 Å². The summed E-state index contributed by atoms with van der Waals surface area (Å²) in [6.45, 7) is 2.58. The van der Waals surface area contributed by atoms with Crippen LogP contribution in [0, 0.1) is 5.92 Å². The van der Waals surface area contributed by atoms with E-state index in [1.807, 2.05) is 31.7 Å². The summed E-state index contributed by atoms with van der Waals surface area (Å²) in [5.41, 5.74) is 4.62. The molecule has 0 N–H and O–H groups in total. The van der Waals surface area contributed by atoms with Gasteiger partial charge in [-0.3, -0.25) is 34.3 Å². The third-order valence-electron chi connectivity index (χ3n) is 6.06. The van der Waals surface area contributed by atoms with Crippen molar-refractivity contribution in [3.63, 3.8) is 0 Å². The van der Waals surface area contributed by atoms with E-state index in [4.69, 9.17) is 0 Å². The van der Waals surface area contributed by atoms with Gasteiger partial charge in [-0.05, 0) is 38.1 Å². The second kappa shape index (κ2) is 8.92. The van der Waals surface area contributed by atoms with Crippen molar-refractivity contribution in [2.45, 2.75) is 25.8 Å². The van der Waals surface area contributed by atoms with E-state index < -0.39 is 0 Å². The number of carbonyl (C=O) groups is 1. The molecule has 32 heavy (non-hydrogen) atoms. The lowest BCUT2D eigenvalue weighted by atomic mass is 9.90. The normalized spacial score (nSPS) is 15.3. The molecule has 0 unspecified atom stereocenters. The minimum Gasteiger partial charge on any atom is -0.299 e. The maximum Gasteiger partial charge on any atom is 0.142 e. The van der Waals surface area contributed by atoms with Crippen molar-refractivity contribution in [1.82, 2.24) is 34.6 Å². The molecule has 0 saturated carbocycles. The Morgan fingerprint density at radius 3 is 2.59 bits per heavy atom. The van der Waals surface area contributed by atoms with Crippen LogP contribution in [0.1, 0.15) is 24.2 Å². The molecular weight excluding hydrogens is 402 g/mol. The van der Waals surface area contributed by atoms with Gasteiger partial charge in [0.05, 0.1) is 23.6 Å². The number of nitrogens with zero attached hydrogens (tertiary/aromatic N) is 7. The Hall–Kier alpha value is -3.52. The van der Waals surface area contributed by atoms with Gasteiger partial charge >= 0.3 is 0 Å². The first-order valence-electron chi connectivity index (χ1n) is 10.9. The number of piperidine rings is 1. The maximum atomic E-state index is 13.0. The molecule has 1 aliphatic heterocycles. The van der Waals surface area contributed by atoms with Gasteiger partial charge in [-0.15, -0.1) is 0 Å². The minimum absolute atomic E-state index is 0.0884. The van der Waals surface area contributed by atoms with Crippen molar-refractivity contribution in [2.24, 2.45) is 13.0 Å². The maximum absolute atomic E-state index is 13.0. The molecule has 5 rings (SSSR count). The van der Waals surface area contributed by atoms with E-state index in [0.717, 1.165) is 65.9 Å². The molecule has 8 nitrogen and oxygen atoms in total. The van der Waals surface area contributed by atoms with Gasteiger partial charge in [-0.25, -0.2) is 0 Å². The summed E-state index contributed by atoms with van der Waals surface area (Å²) in [4.78, 5) is 32.8. The number of hydrogen-bond acceptors (Lipinski definition) is 7. The number of hydrogen-bond donors (Lipinski definition) is 0. The third kappa shape index (κ3) is 4.55. The van der Waals surface area contributed by atoms with Crippen LogP contribution in [0.15, 0.2) is 55.5 Å². The van der Waals surface area contributed by atoms with Gasteiger partial charge in [0.2, 0.25) is 0 Å². The Balaban J connectivity index is 1.22. The molecule has 162 valence electrons. The van der Waals surface area contributed by atoms with Crippen molar-refractivity contribution in [3.05, 3.63) is 66.9 Å². The fourth-order valence-electron chi connectivity index (χ4n) is 4.28. The number of fused-ring (bicyclic) bond motifs is 1. The average molecular weight is 428 g/mol. The molecule has 0 spiro atoms. The highest BCUT2D eigenvalue weighted by atomic mass is 16.1. The van der Waals surface area contributed by atoms with Gasteiger partial charge in [0.15, 0.2) is 0 Å². The highest BCUT2D eigenvalue weighted by Crippen LogP contribution is 2.24. The van der Waals surface area contributed by atoms with Crippen molar-refractivity contribution in [3.8, 4) is 11.1 Å². The number of aromatic nitrogens is 6. The summed E-state index contributed by atoms with van der Waals surface area (Å²) in [5, 5.41) is 5.22. The van der Waals surface area contributed by atoms with Crippen molar-refractivity contribution in [2.75, 3.05) is 13.1 Å². The third-order valence-corrected chi connectivity index (χ3v) is 6.06. The Bertz CT molecular complexity index is 1230. The summed E-state index contributed by atoms with van der Waals surface area (Å²) in [5.74, 6) is 0.359. The Labute approximate surface area is 186 Å². The van der Waals surface area contributed by atoms with E-state index >= 15 is 0 Å². The van der Waals surface area contributed by atoms with Crippen LogP contribution < -0.4 is 0 Å². The molecule has 5 heterocycles. The predicted octanol–water partition coefficient (Wildman–Crippen LogP) is 2.84.